The number of nitrogens with zero attached hydrogens (tertiary/aromatic N) is 5. The highest BCUT2D eigenvalue weighted by molar-refractivity contribution is 6.19. The second-order valence-corrected chi connectivity index (χ2v) is 7.44. The molecule has 1 amide bonds. The monoisotopic (exact) mass is 471 g/mol. The third-order valence-electron chi connectivity index (χ3n) is 5.32. The number of rotatable bonds is 5. The minimum atomic E-state index is -5.72. The van der Waals surface area contributed by atoms with E-state index >= 15 is 0 Å². The van der Waals surface area contributed by atoms with E-state index in [2.05, 4.69) is 25.4 Å². The summed E-state index contributed by atoms with van der Waals surface area (Å²) < 4.78 is 65.3. The van der Waals surface area contributed by atoms with Crippen LogP contribution in [0.4, 0.5) is 33.6 Å². The lowest BCUT2D eigenvalue weighted by atomic mass is 9.85. The maximum atomic E-state index is 13.4. The first-order valence-corrected chi connectivity index (χ1v) is 9.26. The summed E-state index contributed by atoms with van der Waals surface area (Å²) in [5, 5.41) is 16.1. The highest BCUT2D eigenvalue weighted by atomic mass is 19.4. The molecule has 0 fully saturated rings. The molecular weight excluding hydrogens is 457 g/mol. The van der Waals surface area contributed by atoms with Crippen LogP contribution in [0.3, 0.4) is 0 Å². The number of fused-ring (bicyclic) bond motifs is 2. The van der Waals surface area contributed by atoms with Gasteiger partial charge in [0.2, 0.25) is 5.91 Å². The average Bonchev–Trinajstić information content (AvgIpc) is 3.21. The summed E-state index contributed by atoms with van der Waals surface area (Å²) in [6.07, 6.45) is -6.01. The number of aryl methyl sites for hydroxylation is 1. The van der Waals surface area contributed by atoms with Gasteiger partial charge in [-0.3, -0.25) is 9.59 Å². The van der Waals surface area contributed by atoms with Gasteiger partial charge in [0.1, 0.15) is 17.3 Å². The summed E-state index contributed by atoms with van der Waals surface area (Å²) in [6, 6.07) is 2.94. The number of amides is 1. The fourth-order valence-corrected chi connectivity index (χ4v) is 3.44. The van der Waals surface area contributed by atoms with Crippen LogP contribution in [-0.4, -0.2) is 53.8 Å². The van der Waals surface area contributed by atoms with E-state index in [1.54, 1.807) is 0 Å². The average molecular weight is 471 g/mol. The van der Waals surface area contributed by atoms with Crippen molar-refractivity contribution < 1.29 is 36.6 Å². The Balaban J connectivity index is 1.80. The van der Waals surface area contributed by atoms with Crippen LogP contribution < -0.4 is 11.1 Å². The summed E-state index contributed by atoms with van der Waals surface area (Å²) in [4.78, 5) is 36.0. The number of carbonyl (C=O) groups is 2. The number of aromatic nitrogens is 5. The number of hydrogen-bond acceptors (Lipinski definition) is 7. The first-order chi connectivity index (χ1) is 15.3. The zero-order chi connectivity index (χ0) is 24.3. The van der Waals surface area contributed by atoms with Crippen molar-refractivity contribution in [1.29, 1.82) is 0 Å². The SMILES string of the molecule is CC1(C(=O)O)C(=O)Nc2nc(-c3nn(CCC(F)(F)C(F)(F)F)c4ncccc34)nc(N)c21. The quantitative estimate of drug-likeness (QED) is 0.379. The summed E-state index contributed by atoms with van der Waals surface area (Å²) in [6.45, 7) is 0.305. The zero-order valence-corrected chi connectivity index (χ0v) is 16.6. The largest absolute Gasteiger partial charge is 0.480 e. The van der Waals surface area contributed by atoms with Crippen molar-refractivity contribution in [3.05, 3.63) is 23.9 Å². The number of aliphatic carboxylic acids is 1. The number of carboxylic acids is 1. The van der Waals surface area contributed by atoms with E-state index in [9.17, 15) is 36.6 Å². The fourth-order valence-electron chi connectivity index (χ4n) is 3.44. The van der Waals surface area contributed by atoms with Gasteiger partial charge in [0, 0.05) is 19.2 Å². The number of nitrogens with two attached hydrogens (primary N) is 1. The van der Waals surface area contributed by atoms with E-state index < -0.39 is 42.4 Å². The number of carbonyl (C=O) groups excluding carboxylic acids is 1. The Bertz CT molecular complexity index is 1310. The molecule has 1 unspecified atom stereocenters. The molecule has 10 nitrogen and oxygen atoms in total. The molecule has 3 aromatic rings. The highest BCUT2D eigenvalue weighted by Gasteiger charge is 2.57. The van der Waals surface area contributed by atoms with Gasteiger partial charge in [-0.25, -0.2) is 19.6 Å². The van der Waals surface area contributed by atoms with E-state index in [0.29, 0.717) is 0 Å². The molecule has 33 heavy (non-hydrogen) atoms. The molecule has 4 heterocycles. The van der Waals surface area contributed by atoms with E-state index in [0.717, 1.165) is 11.6 Å². The van der Waals surface area contributed by atoms with Crippen molar-refractivity contribution in [3.63, 3.8) is 0 Å². The van der Waals surface area contributed by atoms with Gasteiger partial charge in [0.15, 0.2) is 16.9 Å². The van der Waals surface area contributed by atoms with E-state index in [4.69, 9.17) is 5.73 Å². The van der Waals surface area contributed by atoms with Crippen LogP contribution in [0.15, 0.2) is 18.3 Å². The summed E-state index contributed by atoms with van der Waals surface area (Å²) in [7, 11) is 0. The fraction of sp³-hybridized carbons (Fsp3) is 0.333. The molecule has 1 atom stereocenters. The van der Waals surface area contributed by atoms with E-state index in [-0.39, 0.29) is 39.8 Å². The van der Waals surface area contributed by atoms with Gasteiger partial charge < -0.3 is 16.2 Å². The third kappa shape index (κ3) is 3.30. The summed E-state index contributed by atoms with van der Waals surface area (Å²) in [5.74, 6) is -8.04. The molecule has 0 bridgehead atoms. The standard InChI is InChI=1S/C18H14F5N7O3/c1-16(15(32)33)8-10(24)26-12(27-11(8)28-14(16)31)9-7-3-2-5-25-13(7)30(29-9)6-4-17(19,20)18(21,22)23/h2-3,5H,4,6H2,1H3,(H,32,33)(H3,24,26,27,28,31). The molecule has 0 aromatic carbocycles. The molecule has 3 aromatic heterocycles. The minimum absolute atomic E-state index is 0.00689. The lowest BCUT2D eigenvalue weighted by molar-refractivity contribution is -0.285. The van der Waals surface area contributed by atoms with Gasteiger partial charge >= 0.3 is 18.1 Å². The zero-order valence-electron chi connectivity index (χ0n) is 16.6. The van der Waals surface area contributed by atoms with Gasteiger partial charge in [-0.15, -0.1) is 0 Å². The molecule has 15 heteroatoms. The van der Waals surface area contributed by atoms with Crippen LogP contribution in [0, 0.1) is 0 Å². The summed E-state index contributed by atoms with van der Waals surface area (Å²) >= 11 is 0. The number of pyridine rings is 1. The smallest absolute Gasteiger partial charge is 0.453 e. The molecule has 1 aliphatic heterocycles. The lowest BCUT2D eigenvalue weighted by Gasteiger charge is -2.19. The van der Waals surface area contributed by atoms with Crippen molar-refractivity contribution in [2.24, 2.45) is 0 Å². The number of nitrogens with one attached hydrogen (secondary N) is 1. The van der Waals surface area contributed by atoms with Gasteiger partial charge in [0.25, 0.3) is 0 Å². The number of alkyl halides is 5. The van der Waals surface area contributed by atoms with Crippen molar-refractivity contribution >= 4 is 34.5 Å². The molecule has 0 aliphatic carbocycles. The second-order valence-electron chi connectivity index (χ2n) is 7.44. The van der Waals surface area contributed by atoms with Crippen LogP contribution in [0.5, 0.6) is 0 Å². The maximum Gasteiger partial charge on any atom is 0.453 e. The Morgan fingerprint density at radius 2 is 1.97 bits per heavy atom. The molecule has 0 spiro atoms. The molecule has 4 rings (SSSR count). The van der Waals surface area contributed by atoms with Crippen LogP contribution in [0.2, 0.25) is 0 Å². The van der Waals surface area contributed by atoms with Crippen LogP contribution in [0.25, 0.3) is 22.6 Å². The minimum Gasteiger partial charge on any atom is -0.480 e. The Hall–Kier alpha value is -3.91. The number of carboxylic acid groups (broad SMARTS) is 1. The van der Waals surface area contributed by atoms with Crippen LogP contribution in [-0.2, 0) is 21.5 Å². The van der Waals surface area contributed by atoms with Crippen LogP contribution >= 0.6 is 0 Å². The Labute approximate surface area is 180 Å². The molecule has 4 N–H and O–H groups in total. The van der Waals surface area contributed by atoms with Crippen molar-refractivity contribution in [2.75, 3.05) is 11.1 Å². The summed E-state index contributed by atoms with van der Waals surface area (Å²) in [5.41, 5.74) is 3.66. The van der Waals surface area contributed by atoms with Gasteiger partial charge in [-0.1, -0.05) is 0 Å². The molecule has 0 saturated carbocycles. The Morgan fingerprint density at radius 1 is 1.27 bits per heavy atom. The molecule has 174 valence electrons. The number of nitrogen functional groups attached to an aromatic ring is 1. The van der Waals surface area contributed by atoms with Crippen molar-refractivity contribution in [2.45, 2.75) is 37.4 Å². The third-order valence-corrected chi connectivity index (χ3v) is 5.32. The number of halogens is 5. The van der Waals surface area contributed by atoms with E-state index in [1.165, 1.54) is 18.3 Å². The first kappa shape index (κ1) is 22.3. The highest BCUT2D eigenvalue weighted by Crippen LogP contribution is 2.42. The number of hydrogen-bond donors (Lipinski definition) is 3. The van der Waals surface area contributed by atoms with Gasteiger partial charge in [0.05, 0.1) is 10.9 Å². The number of anilines is 2. The van der Waals surface area contributed by atoms with Gasteiger partial charge in [-0.05, 0) is 19.1 Å². The van der Waals surface area contributed by atoms with Crippen molar-refractivity contribution in [3.8, 4) is 11.5 Å². The molecule has 0 radical (unpaired) electrons. The van der Waals surface area contributed by atoms with Gasteiger partial charge in [-0.2, -0.15) is 27.1 Å². The normalized spacial score (nSPS) is 18.4. The molecular formula is C18H14F5N7O3. The maximum absolute atomic E-state index is 13.4. The molecule has 0 saturated heterocycles. The predicted octanol–water partition coefficient (Wildman–Crippen LogP) is 2.35. The van der Waals surface area contributed by atoms with E-state index in [1.807, 2.05) is 0 Å². The second kappa shape index (κ2) is 7.05. The molecule has 1 aliphatic rings. The lowest BCUT2D eigenvalue weighted by Crippen LogP contribution is -2.39. The van der Waals surface area contributed by atoms with Crippen molar-refractivity contribution in [1.82, 2.24) is 24.7 Å². The predicted molar refractivity (Wildman–Crippen MR) is 102 cm³/mol. The topological polar surface area (TPSA) is 149 Å². The Morgan fingerprint density at radius 3 is 2.61 bits per heavy atom. The Kier molecular flexibility index (Phi) is 4.76. The van der Waals surface area contributed by atoms with Crippen LogP contribution in [0.1, 0.15) is 18.9 Å². The first-order valence-electron chi connectivity index (χ1n) is 9.26.